The Kier molecular flexibility index (Phi) is 5.28. The molecule has 0 saturated heterocycles. The fourth-order valence-electron chi connectivity index (χ4n) is 2.03. The van der Waals surface area contributed by atoms with Crippen LogP contribution in [-0.4, -0.2) is 44.9 Å². The van der Waals surface area contributed by atoms with Crippen LogP contribution in [0.3, 0.4) is 0 Å². The summed E-state index contributed by atoms with van der Waals surface area (Å²) >= 11 is 5.85. The molecule has 1 N–H and O–H groups in total. The lowest BCUT2D eigenvalue weighted by molar-refractivity contribution is 0.0684. The molecule has 1 amide bonds. The minimum atomic E-state index is -1.18. The van der Waals surface area contributed by atoms with E-state index in [1.807, 2.05) is 31.2 Å². The van der Waals surface area contributed by atoms with Crippen molar-refractivity contribution in [2.75, 3.05) is 7.05 Å². The Morgan fingerprint density at radius 3 is 2.26 bits per heavy atom. The van der Waals surface area contributed by atoms with Gasteiger partial charge in [-0.05, 0) is 31.0 Å². The second-order valence-electron chi connectivity index (χ2n) is 5.19. The third-order valence-corrected chi connectivity index (χ3v) is 3.77. The Balaban J connectivity index is 2.05. The highest BCUT2D eigenvalue weighted by molar-refractivity contribution is 6.30. The van der Waals surface area contributed by atoms with Gasteiger partial charge in [0.15, 0.2) is 5.69 Å². The minimum Gasteiger partial charge on any atom is -0.476 e. The molecule has 23 heavy (non-hydrogen) atoms. The van der Waals surface area contributed by atoms with Gasteiger partial charge >= 0.3 is 5.97 Å². The number of rotatable bonds is 5. The van der Waals surface area contributed by atoms with Crippen LogP contribution in [0.4, 0.5) is 0 Å². The maximum absolute atomic E-state index is 12.4. The molecule has 6 nitrogen and oxygen atoms in total. The molecule has 2 rings (SSSR count). The first-order valence-electron chi connectivity index (χ1n) is 6.95. The van der Waals surface area contributed by atoms with Gasteiger partial charge in [0.2, 0.25) is 0 Å². The van der Waals surface area contributed by atoms with Gasteiger partial charge < -0.3 is 10.0 Å². The van der Waals surface area contributed by atoms with Crippen LogP contribution in [0.25, 0.3) is 0 Å². The smallest absolute Gasteiger partial charge is 0.356 e. The molecule has 1 unspecified atom stereocenters. The maximum atomic E-state index is 12.4. The van der Waals surface area contributed by atoms with E-state index in [0.29, 0.717) is 11.4 Å². The number of halogens is 1. The minimum absolute atomic E-state index is 0.0652. The van der Waals surface area contributed by atoms with E-state index in [9.17, 15) is 9.59 Å². The predicted octanol–water partition coefficient (Wildman–Crippen LogP) is 2.53. The largest absolute Gasteiger partial charge is 0.476 e. The molecular formula is C16H16ClN3O3. The molecule has 1 heterocycles. The van der Waals surface area contributed by atoms with Crippen molar-refractivity contribution in [3.8, 4) is 0 Å². The van der Waals surface area contributed by atoms with E-state index in [1.165, 1.54) is 6.20 Å². The SMILES string of the molecule is CC(Cc1ccc(Cl)cc1)N(C)C(=O)c1cnc(C(=O)O)cn1. The monoisotopic (exact) mass is 333 g/mol. The molecule has 0 fully saturated rings. The molecule has 1 aromatic heterocycles. The first kappa shape index (κ1) is 16.9. The predicted molar refractivity (Wildman–Crippen MR) is 85.7 cm³/mol. The van der Waals surface area contributed by atoms with Gasteiger partial charge in [-0.2, -0.15) is 0 Å². The highest BCUT2D eigenvalue weighted by Crippen LogP contribution is 2.14. The van der Waals surface area contributed by atoms with E-state index in [4.69, 9.17) is 16.7 Å². The maximum Gasteiger partial charge on any atom is 0.356 e. The van der Waals surface area contributed by atoms with Crippen LogP contribution in [0.1, 0.15) is 33.5 Å². The van der Waals surface area contributed by atoms with Crippen LogP contribution in [0.5, 0.6) is 0 Å². The van der Waals surface area contributed by atoms with E-state index in [0.717, 1.165) is 11.8 Å². The summed E-state index contributed by atoms with van der Waals surface area (Å²) in [6, 6.07) is 7.38. The van der Waals surface area contributed by atoms with E-state index in [1.54, 1.807) is 11.9 Å². The Bertz CT molecular complexity index is 702. The second kappa shape index (κ2) is 7.19. The number of carbonyl (C=O) groups excluding carboxylic acids is 1. The first-order valence-corrected chi connectivity index (χ1v) is 7.33. The molecule has 0 saturated carbocycles. The molecule has 0 radical (unpaired) electrons. The van der Waals surface area contributed by atoms with Gasteiger partial charge in [-0.25, -0.2) is 14.8 Å². The summed E-state index contributed by atoms with van der Waals surface area (Å²) in [5.41, 5.74) is 0.979. The van der Waals surface area contributed by atoms with E-state index < -0.39 is 5.97 Å². The van der Waals surface area contributed by atoms with Crippen LogP contribution >= 0.6 is 11.6 Å². The zero-order valence-corrected chi connectivity index (χ0v) is 13.5. The number of carboxylic acid groups (broad SMARTS) is 1. The zero-order valence-electron chi connectivity index (χ0n) is 12.7. The topological polar surface area (TPSA) is 83.4 Å². The number of nitrogens with zero attached hydrogens (tertiary/aromatic N) is 3. The van der Waals surface area contributed by atoms with Crippen molar-refractivity contribution in [3.05, 3.63) is 58.6 Å². The fourth-order valence-corrected chi connectivity index (χ4v) is 2.15. The summed E-state index contributed by atoms with van der Waals surface area (Å²) in [5, 5.41) is 9.45. The van der Waals surface area contributed by atoms with Gasteiger partial charge in [-0.3, -0.25) is 4.79 Å². The van der Waals surface area contributed by atoms with Crippen molar-refractivity contribution >= 4 is 23.5 Å². The van der Waals surface area contributed by atoms with E-state index in [2.05, 4.69) is 9.97 Å². The Labute approximate surface area is 138 Å². The van der Waals surface area contributed by atoms with Crippen molar-refractivity contribution in [3.63, 3.8) is 0 Å². The first-order chi connectivity index (χ1) is 10.9. The molecule has 0 spiro atoms. The quantitative estimate of drug-likeness (QED) is 0.909. The number of benzene rings is 1. The highest BCUT2D eigenvalue weighted by atomic mass is 35.5. The summed E-state index contributed by atoms with van der Waals surface area (Å²) in [4.78, 5) is 32.2. The summed E-state index contributed by atoms with van der Waals surface area (Å²) < 4.78 is 0. The number of aromatic nitrogens is 2. The standard InChI is InChI=1S/C16H16ClN3O3/c1-10(7-11-3-5-12(17)6-4-11)20(2)15(21)13-8-19-14(9-18-13)16(22)23/h3-6,8-10H,7H2,1-2H3,(H,22,23). The van der Waals surface area contributed by atoms with Crippen molar-refractivity contribution in [1.29, 1.82) is 0 Å². The summed E-state index contributed by atoms with van der Waals surface area (Å²) in [6.45, 7) is 1.92. The third-order valence-electron chi connectivity index (χ3n) is 3.52. The van der Waals surface area contributed by atoms with Crippen LogP contribution in [0.2, 0.25) is 5.02 Å². The zero-order chi connectivity index (χ0) is 17.0. The average molecular weight is 334 g/mol. The molecule has 7 heteroatoms. The van der Waals surface area contributed by atoms with Gasteiger partial charge in [-0.15, -0.1) is 0 Å². The normalized spacial score (nSPS) is 11.8. The number of aromatic carboxylic acids is 1. The van der Waals surface area contributed by atoms with Gasteiger partial charge in [0.05, 0.1) is 12.4 Å². The molecule has 1 aromatic carbocycles. The summed E-state index contributed by atoms with van der Waals surface area (Å²) in [6.07, 6.45) is 2.92. The van der Waals surface area contributed by atoms with Crippen LogP contribution in [-0.2, 0) is 6.42 Å². The van der Waals surface area contributed by atoms with Crippen molar-refractivity contribution < 1.29 is 14.7 Å². The van der Waals surface area contributed by atoms with Gasteiger partial charge in [-0.1, -0.05) is 23.7 Å². The third kappa shape index (κ3) is 4.26. The van der Waals surface area contributed by atoms with Crippen molar-refractivity contribution in [1.82, 2.24) is 14.9 Å². The Hall–Kier alpha value is -2.47. The van der Waals surface area contributed by atoms with Gasteiger partial charge in [0.25, 0.3) is 5.91 Å². The lowest BCUT2D eigenvalue weighted by Crippen LogP contribution is -2.37. The number of carbonyl (C=O) groups is 2. The van der Waals surface area contributed by atoms with Crippen LogP contribution in [0, 0.1) is 0 Å². The van der Waals surface area contributed by atoms with Crippen molar-refractivity contribution in [2.45, 2.75) is 19.4 Å². The molecule has 0 aliphatic carbocycles. The fraction of sp³-hybridized carbons (Fsp3) is 0.250. The molecule has 0 bridgehead atoms. The Morgan fingerprint density at radius 1 is 1.17 bits per heavy atom. The molecule has 0 aliphatic heterocycles. The number of hydrogen-bond acceptors (Lipinski definition) is 4. The summed E-state index contributed by atoms with van der Waals surface area (Å²) in [5.74, 6) is -1.49. The molecule has 0 aliphatic rings. The lowest BCUT2D eigenvalue weighted by atomic mass is 10.1. The average Bonchev–Trinajstić information content (AvgIpc) is 2.55. The van der Waals surface area contributed by atoms with Gasteiger partial charge in [0.1, 0.15) is 5.69 Å². The molecule has 120 valence electrons. The number of carboxylic acids is 1. The van der Waals surface area contributed by atoms with Gasteiger partial charge in [0, 0.05) is 18.1 Å². The van der Waals surface area contributed by atoms with Crippen LogP contribution in [0.15, 0.2) is 36.7 Å². The van der Waals surface area contributed by atoms with Crippen molar-refractivity contribution in [2.24, 2.45) is 0 Å². The lowest BCUT2D eigenvalue weighted by Gasteiger charge is -2.24. The van der Waals surface area contributed by atoms with E-state index >= 15 is 0 Å². The number of amides is 1. The number of likely N-dealkylation sites (N-methyl/N-ethyl adjacent to an activating group) is 1. The molecular weight excluding hydrogens is 318 g/mol. The van der Waals surface area contributed by atoms with E-state index in [-0.39, 0.29) is 23.3 Å². The number of hydrogen-bond donors (Lipinski definition) is 1. The Morgan fingerprint density at radius 2 is 1.74 bits per heavy atom. The highest BCUT2D eigenvalue weighted by Gasteiger charge is 2.20. The van der Waals surface area contributed by atoms with Crippen LogP contribution < -0.4 is 0 Å². The molecule has 1 atom stereocenters. The second-order valence-corrected chi connectivity index (χ2v) is 5.62. The molecule has 2 aromatic rings. The summed E-state index contributed by atoms with van der Waals surface area (Å²) in [7, 11) is 1.68.